The first-order valence-electron chi connectivity index (χ1n) is 17.7. The Labute approximate surface area is 307 Å². The van der Waals surface area contributed by atoms with Crippen LogP contribution >= 0.6 is 0 Å². The fraction of sp³-hybridized carbons (Fsp3) is 0.447. The Morgan fingerprint density at radius 3 is 2.38 bits per heavy atom. The highest BCUT2D eigenvalue weighted by molar-refractivity contribution is 6.07. The molecule has 6 N–H and O–H groups in total. The Kier molecular flexibility index (Phi) is 12.3. The number of ether oxygens (including phenoxy) is 1. The SMILES string of the molecule is COc1ccc2c(C(=O)N[C@H]3C[C@H]4C(=O)N[C@@H](C)C(=O)N[C@H](c5ccccc5)CC(=O)N[C@@H](CC(C)C)C(=O)N[C@@H](CO)C(=O)N4C3)cc(C)nc2c1. The van der Waals surface area contributed by atoms with Crippen LogP contribution in [-0.4, -0.2) is 101 Å². The molecule has 15 nitrogen and oxygen atoms in total. The number of benzene rings is 2. The van der Waals surface area contributed by atoms with Crippen LogP contribution in [0.5, 0.6) is 5.75 Å². The molecule has 0 spiro atoms. The molecule has 2 aliphatic rings. The topological polar surface area (TPSA) is 208 Å². The number of pyridine rings is 1. The Hall–Kier alpha value is -5.57. The van der Waals surface area contributed by atoms with Gasteiger partial charge in [0.15, 0.2) is 0 Å². The third-order valence-corrected chi connectivity index (χ3v) is 9.43. The first kappa shape index (κ1) is 38.7. The Morgan fingerprint density at radius 2 is 1.70 bits per heavy atom. The van der Waals surface area contributed by atoms with Gasteiger partial charge in [0.05, 0.1) is 37.3 Å². The number of nitrogens with one attached hydrogen (secondary N) is 5. The van der Waals surface area contributed by atoms with Crippen molar-refractivity contribution in [2.75, 3.05) is 20.3 Å². The van der Waals surface area contributed by atoms with Crippen LogP contribution in [0, 0.1) is 12.8 Å². The van der Waals surface area contributed by atoms with Gasteiger partial charge < -0.3 is 41.3 Å². The summed E-state index contributed by atoms with van der Waals surface area (Å²) in [6.45, 7) is 6.06. The van der Waals surface area contributed by atoms with Gasteiger partial charge in [-0.3, -0.25) is 33.8 Å². The van der Waals surface area contributed by atoms with Gasteiger partial charge in [-0.2, -0.15) is 0 Å². The Morgan fingerprint density at radius 1 is 0.962 bits per heavy atom. The molecular formula is C38H47N7O8. The summed E-state index contributed by atoms with van der Waals surface area (Å²) in [5.74, 6) is -3.15. The molecular weight excluding hydrogens is 682 g/mol. The van der Waals surface area contributed by atoms with Crippen molar-refractivity contribution in [3.05, 3.63) is 71.4 Å². The first-order chi connectivity index (χ1) is 25.3. The number of aliphatic hydroxyl groups is 1. The highest BCUT2D eigenvalue weighted by atomic mass is 16.5. The molecule has 2 aromatic carbocycles. The van der Waals surface area contributed by atoms with E-state index in [0.29, 0.717) is 33.5 Å². The summed E-state index contributed by atoms with van der Waals surface area (Å²) in [6.07, 6.45) is -0.00138. The number of fused-ring (bicyclic) bond motifs is 2. The number of amides is 6. The van der Waals surface area contributed by atoms with Crippen molar-refractivity contribution in [3.8, 4) is 5.75 Å². The number of carbonyl (C=O) groups excluding carboxylic acids is 6. The summed E-state index contributed by atoms with van der Waals surface area (Å²) in [5, 5.41) is 24.7. The zero-order valence-electron chi connectivity index (χ0n) is 30.5. The van der Waals surface area contributed by atoms with E-state index in [2.05, 4.69) is 31.6 Å². The van der Waals surface area contributed by atoms with Crippen molar-refractivity contribution in [2.24, 2.45) is 5.92 Å². The molecule has 2 aliphatic heterocycles. The second-order valence-electron chi connectivity index (χ2n) is 14.0. The Balaban J connectivity index is 1.45. The van der Waals surface area contributed by atoms with Crippen molar-refractivity contribution >= 4 is 46.3 Å². The minimum Gasteiger partial charge on any atom is -0.497 e. The number of aromatic nitrogens is 1. The van der Waals surface area contributed by atoms with Crippen molar-refractivity contribution in [3.63, 3.8) is 0 Å². The quantitative estimate of drug-likeness (QED) is 0.205. The lowest BCUT2D eigenvalue weighted by Crippen LogP contribution is -2.59. The van der Waals surface area contributed by atoms with Crippen molar-refractivity contribution in [1.82, 2.24) is 36.5 Å². The normalized spacial score (nSPS) is 24.6. The number of aryl methyl sites for hydroxylation is 1. The molecule has 2 saturated heterocycles. The molecule has 0 bridgehead atoms. The van der Waals surface area contributed by atoms with Gasteiger partial charge in [0.2, 0.25) is 29.5 Å². The van der Waals surface area contributed by atoms with E-state index in [1.54, 1.807) is 61.5 Å². The lowest BCUT2D eigenvalue weighted by Gasteiger charge is -2.30. The maximum absolute atomic E-state index is 14.0. The summed E-state index contributed by atoms with van der Waals surface area (Å²) >= 11 is 0. The van der Waals surface area contributed by atoms with Crippen molar-refractivity contribution in [2.45, 2.75) is 83.2 Å². The molecule has 3 heterocycles. The molecule has 3 aromatic rings. The highest BCUT2D eigenvalue weighted by Crippen LogP contribution is 2.26. The third kappa shape index (κ3) is 9.27. The number of rotatable bonds is 7. The van der Waals surface area contributed by atoms with Crippen LogP contribution in [0.15, 0.2) is 54.6 Å². The van der Waals surface area contributed by atoms with Gasteiger partial charge in [-0.15, -0.1) is 0 Å². The van der Waals surface area contributed by atoms with Crippen LogP contribution in [-0.2, 0) is 24.0 Å². The predicted molar refractivity (Wildman–Crippen MR) is 194 cm³/mol. The standard InChI is InChI=1S/C38H47N7O8/c1-20(2)13-30-36(50)44-31(19-46)38(52)45-18-24(41-35(49)27-14-21(3)39-29-16-25(53-5)11-12-26(27)29)15-32(45)37(51)40-22(4)34(48)43-28(17-33(47)42-30)23-9-7-6-8-10-23/h6-12,14,16,20,22,24,28,30-32,46H,13,15,17-19H2,1-5H3,(H,40,51)(H,41,49)(H,42,47)(H,43,48)(H,44,50)/t22-,24-,28-,30-,31-,32-/m0/s1. The molecule has 1 aromatic heterocycles. The van der Waals surface area contributed by atoms with Crippen molar-refractivity contribution < 1.29 is 38.6 Å². The van der Waals surface area contributed by atoms with Gasteiger partial charge in [0.1, 0.15) is 29.9 Å². The Bertz CT molecular complexity index is 1870. The second-order valence-corrected chi connectivity index (χ2v) is 14.0. The van der Waals surface area contributed by atoms with E-state index in [9.17, 15) is 33.9 Å². The lowest BCUT2D eigenvalue weighted by molar-refractivity contribution is -0.143. The molecule has 0 radical (unpaired) electrons. The number of methoxy groups -OCH3 is 1. The van der Waals surface area contributed by atoms with Gasteiger partial charge in [-0.1, -0.05) is 44.2 Å². The minimum absolute atomic E-state index is 0.0156. The maximum Gasteiger partial charge on any atom is 0.252 e. The molecule has 0 saturated carbocycles. The van der Waals surface area contributed by atoms with Crippen LogP contribution in [0.1, 0.15) is 67.7 Å². The van der Waals surface area contributed by atoms with E-state index in [-0.39, 0.29) is 31.7 Å². The van der Waals surface area contributed by atoms with Gasteiger partial charge >= 0.3 is 0 Å². The summed E-state index contributed by atoms with van der Waals surface area (Å²) in [6, 6.07) is 9.36. The summed E-state index contributed by atoms with van der Waals surface area (Å²) in [4.78, 5) is 87.9. The lowest BCUT2D eigenvalue weighted by atomic mass is 10.00. The fourth-order valence-electron chi connectivity index (χ4n) is 6.76. The molecule has 15 heteroatoms. The van der Waals surface area contributed by atoms with E-state index in [1.165, 1.54) is 18.9 Å². The monoisotopic (exact) mass is 729 g/mol. The van der Waals surface area contributed by atoms with Gasteiger partial charge in [-0.05, 0) is 56.4 Å². The predicted octanol–water partition coefficient (Wildman–Crippen LogP) is 1.03. The molecule has 2 fully saturated rings. The molecule has 0 aliphatic carbocycles. The number of nitrogens with zero attached hydrogens (tertiary/aromatic N) is 2. The average molecular weight is 730 g/mol. The molecule has 282 valence electrons. The van der Waals surface area contributed by atoms with Gasteiger partial charge in [0.25, 0.3) is 5.91 Å². The smallest absolute Gasteiger partial charge is 0.252 e. The summed E-state index contributed by atoms with van der Waals surface area (Å²) < 4.78 is 5.31. The van der Waals surface area contributed by atoms with Gasteiger partial charge in [-0.25, -0.2) is 0 Å². The van der Waals surface area contributed by atoms with Crippen LogP contribution < -0.4 is 31.3 Å². The zero-order chi connectivity index (χ0) is 38.4. The maximum atomic E-state index is 14.0. The summed E-state index contributed by atoms with van der Waals surface area (Å²) in [5.41, 5.74) is 2.12. The summed E-state index contributed by atoms with van der Waals surface area (Å²) in [7, 11) is 1.53. The van der Waals surface area contributed by atoms with Crippen LogP contribution in [0.3, 0.4) is 0 Å². The number of carbonyl (C=O) groups is 6. The van der Waals surface area contributed by atoms with Crippen LogP contribution in [0.25, 0.3) is 10.9 Å². The highest BCUT2D eigenvalue weighted by Gasteiger charge is 2.44. The van der Waals surface area contributed by atoms with E-state index in [0.717, 1.165) is 0 Å². The fourth-order valence-corrected chi connectivity index (χ4v) is 6.76. The van der Waals surface area contributed by atoms with E-state index in [1.807, 2.05) is 13.8 Å². The second kappa shape index (κ2) is 16.8. The average Bonchev–Trinajstić information content (AvgIpc) is 3.55. The molecule has 6 amide bonds. The molecule has 53 heavy (non-hydrogen) atoms. The molecule has 0 unspecified atom stereocenters. The van der Waals surface area contributed by atoms with Crippen molar-refractivity contribution in [1.29, 1.82) is 0 Å². The first-order valence-corrected chi connectivity index (χ1v) is 17.7. The van der Waals surface area contributed by atoms with E-state index < -0.39 is 78.3 Å². The number of aliphatic hydroxyl groups excluding tert-OH is 1. The van der Waals surface area contributed by atoms with Gasteiger partial charge in [0, 0.05) is 29.7 Å². The minimum atomic E-state index is -1.47. The third-order valence-electron chi connectivity index (χ3n) is 9.43. The molecule has 6 atom stereocenters. The van der Waals surface area contributed by atoms with E-state index >= 15 is 0 Å². The molecule has 5 rings (SSSR count). The number of hydrogen-bond donors (Lipinski definition) is 6. The largest absolute Gasteiger partial charge is 0.497 e. The van der Waals surface area contributed by atoms with E-state index in [4.69, 9.17) is 4.74 Å². The number of hydrogen-bond acceptors (Lipinski definition) is 9. The van der Waals surface area contributed by atoms with Crippen LogP contribution in [0.4, 0.5) is 0 Å². The zero-order valence-corrected chi connectivity index (χ0v) is 30.5. The van der Waals surface area contributed by atoms with Crippen LogP contribution in [0.2, 0.25) is 0 Å².